The molecule has 1 saturated heterocycles. The maximum Gasteiger partial charge on any atom is 0.243 e. The molecule has 1 aliphatic heterocycles. The van der Waals surface area contributed by atoms with Gasteiger partial charge in [0.1, 0.15) is 0 Å². The van der Waals surface area contributed by atoms with Crippen LogP contribution >= 0.6 is 0 Å². The molecule has 1 aliphatic rings. The third-order valence-electron chi connectivity index (χ3n) is 5.31. The van der Waals surface area contributed by atoms with Crippen molar-refractivity contribution < 1.29 is 27.5 Å². The number of benzene rings is 1. The lowest BCUT2D eigenvalue weighted by molar-refractivity contribution is -0.139. The van der Waals surface area contributed by atoms with Gasteiger partial charge in [0.2, 0.25) is 21.8 Å². The SMILES string of the molecule is COCCCNC(=O)CN(C)C(=O)C1CCN(S(=O)(=O)c2ccc(C(C)=O)cc2)CC1. The van der Waals surface area contributed by atoms with Gasteiger partial charge in [-0.1, -0.05) is 12.1 Å². The molecule has 31 heavy (non-hydrogen) atoms. The number of carbonyl (C=O) groups excluding carboxylic acids is 3. The molecule has 0 aliphatic carbocycles. The first-order valence-electron chi connectivity index (χ1n) is 10.3. The van der Waals surface area contributed by atoms with Crippen LogP contribution in [0.25, 0.3) is 0 Å². The second-order valence-electron chi connectivity index (χ2n) is 7.65. The van der Waals surface area contributed by atoms with E-state index in [9.17, 15) is 22.8 Å². The Morgan fingerprint density at radius 3 is 2.32 bits per heavy atom. The van der Waals surface area contributed by atoms with E-state index in [1.807, 2.05) is 0 Å². The molecule has 0 unspecified atom stereocenters. The number of sulfonamides is 1. The van der Waals surface area contributed by atoms with Gasteiger partial charge in [-0.2, -0.15) is 4.31 Å². The number of hydrogen-bond donors (Lipinski definition) is 1. The number of piperidine rings is 1. The number of likely N-dealkylation sites (N-methyl/N-ethyl adjacent to an activating group) is 1. The van der Waals surface area contributed by atoms with Crippen LogP contribution in [0.1, 0.15) is 36.5 Å². The molecule has 9 nitrogen and oxygen atoms in total. The van der Waals surface area contributed by atoms with E-state index in [0.29, 0.717) is 38.0 Å². The van der Waals surface area contributed by atoms with E-state index in [0.717, 1.165) is 0 Å². The Bertz CT molecular complexity index is 877. The van der Waals surface area contributed by atoms with Crippen LogP contribution in [0.5, 0.6) is 0 Å². The first-order chi connectivity index (χ1) is 14.7. The molecular weight excluding hydrogens is 422 g/mol. The zero-order valence-electron chi connectivity index (χ0n) is 18.3. The number of nitrogens with one attached hydrogen (secondary N) is 1. The van der Waals surface area contributed by atoms with Crippen molar-refractivity contribution in [2.75, 3.05) is 46.9 Å². The van der Waals surface area contributed by atoms with Crippen molar-refractivity contribution in [3.05, 3.63) is 29.8 Å². The normalized spacial score (nSPS) is 15.5. The molecule has 0 radical (unpaired) electrons. The topological polar surface area (TPSA) is 113 Å². The molecule has 1 N–H and O–H groups in total. The van der Waals surface area contributed by atoms with Crippen molar-refractivity contribution in [2.24, 2.45) is 5.92 Å². The average Bonchev–Trinajstić information content (AvgIpc) is 2.76. The molecule has 0 spiro atoms. The van der Waals surface area contributed by atoms with E-state index < -0.39 is 10.0 Å². The summed E-state index contributed by atoms with van der Waals surface area (Å²) in [5.41, 5.74) is 0.453. The summed E-state index contributed by atoms with van der Waals surface area (Å²) in [6.45, 7) is 2.88. The number of hydrogen-bond acceptors (Lipinski definition) is 6. The van der Waals surface area contributed by atoms with Crippen molar-refractivity contribution in [1.82, 2.24) is 14.5 Å². The zero-order valence-corrected chi connectivity index (χ0v) is 19.1. The Morgan fingerprint density at radius 2 is 1.77 bits per heavy atom. The smallest absolute Gasteiger partial charge is 0.243 e. The second-order valence-corrected chi connectivity index (χ2v) is 9.59. The van der Waals surface area contributed by atoms with E-state index in [2.05, 4.69) is 5.32 Å². The van der Waals surface area contributed by atoms with E-state index in [1.54, 1.807) is 14.2 Å². The summed E-state index contributed by atoms with van der Waals surface area (Å²) in [5, 5.41) is 2.74. The largest absolute Gasteiger partial charge is 0.385 e. The first-order valence-corrected chi connectivity index (χ1v) is 11.7. The van der Waals surface area contributed by atoms with Crippen LogP contribution < -0.4 is 5.32 Å². The van der Waals surface area contributed by atoms with Crippen molar-refractivity contribution in [3.8, 4) is 0 Å². The van der Waals surface area contributed by atoms with Gasteiger partial charge in [0.15, 0.2) is 5.78 Å². The quantitative estimate of drug-likeness (QED) is 0.416. The molecule has 172 valence electrons. The van der Waals surface area contributed by atoms with Gasteiger partial charge in [-0.15, -0.1) is 0 Å². The molecule has 10 heteroatoms. The molecule has 0 aromatic heterocycles. The maximum absolute atomic E-state index is 12.9. The molecule has 2 rings (SSSR count). The highest BCUT2D eigenvalue weighted by atomic mass is 32.2. The van der Waals surface area contributed by atoms with Crippen LogP contribution in [0.4, 0.5) is 0 Å². The Kier molecular flexibility index (Phi) is 9.15. The lowest BCUT2D eigenvalue weighted by Gasteiger charge is -2.32. The summed E-state index contributed by atoms with van der Waals surface area (Å²) in [7, 11) is -0.513. The van der Waals surface area contributed by atoms with Gasteiger partial charge in [0.05, 0.1) is 11.4 Å². The molecule has 1 aromatic rings. The molecule has 0 atom stereocenters. The fourth-order valence-electron chi connectivity index (χ4n) is 3.46. The van der Waals surface area contributed by atoms with E-state index in [4.69, 9.17) is 4.74 Å². The first kappa shape index (κ1) is 25.0. The van der Waals surface area contributed by atoms with Crippen molar-refractivity contribution in [1.29, 1.82) is 0 Å². The number of nitrogens with zero attached hydrogens (tertiary/aromatic N) is 2. The predicted molar refractivity (Wildman–Crippen MR) is 115 cm³/mol. The lowest BCUT2D eigenvalue weighted by Crippen LogP contribution is -2.45. The van der Waals surface area contributed by atoms with E-state index in [1.165, 1.54) is 40.4 Å². The molecule has 0 bridgehead atoms. The van der Waals surface area contributed by atoms with Gasteiger partial charge in [-0.3, -0.25) is 14.4 Å². The highest BCUT2D eigenvalue weighted by Crippen LogP contribution is 2.25. The number of carbonyl (C=O) groups is 3. The van der Waals surface area contributed by atoms with Gasteiger partial charge >= 0.3 is 0 Å². The molecule has 1 aromatic carbocycles. The van der Waals surface area contributed by atoms with Crippen LogP contribution in [0.15, 0.2) is 29.2 Å². The van der Waals surface area contributed by atoms with Crippen molar-refractivity contribution >= 4 is 27.6 Å². The van der Waals surface area contributed by atoms with Gasteiger partial charge in [0, 0.05) is 51.9 Å². The summed E-state index contributed by atoms with van der Waals surface area (Å²) < 4.78 is 32.0. The number of amides is 2. The number of Topliss-reactive ketones (excluding diaryl/α,β-unsaturated/α-hetero) is 1. The summed E-state index contributed by atoms with van der Waals surface area (Å²) in [6.07, 6.45) is 1.48. The minimum atomic E-state index is -3.69. The minimum absolute atomic E-state index is 0.0349. The Hall–Kier alpha value is -2.30. The lowest BCUT2D eigenvalue weighted by atomic mass is 9.96. The maximum atomic E-state index is 12.9. The van der Waals surface area contributed by atoms with Crippen molar-refractivity contribution in [2.45, 2.75) is 31.1 Å². The Labute approximate surface area is 183 Å². The van der Waals surface area contributed by atoms with Gasteiger partial charge in [-0.25, -0.2) is 8.42 Å². The van der Waals surface area contributed by atoms with E-state index in [-0.39, 0.29) is 48.0 Å². The highest BCUT2D eigenvalue weighted by molar-refractivity contribution is 7.89. The standard InChI is InChI=1S/C21H31N3O6S/c1-16(25)17-5-7-19(8-6-17)31(28,29)24-12-9-18(10-13-24)21(27)23(2)15-20(26)22-11-4-14-30-3/h5-8,18H,4,9-15H2,1-3H3,(H,22,26). The summed E-state index contributed by atoms with van der Waals surface area (Å²) in [5.74, 6) is -0.843. The Morgan fingerprint density at radius 1 is 1.16 bits per heavy atom. The highest BCUT2D eigenvalue weighted by Gasteiger charge is 2.33. The summed E-state index contributed by atoms with van der Waals surface area (Å²) >= 11 is 0. The third-order valence-corrected chi connectivity index (χ3v) is 7.22. The summed E-state index contributed by atoms with van der Waals surface area (Å²) in [4.78, 5) is 37.5. The molecule has 1 heterocycles. The van der Waals surface area contributed by atoms with Gasteiger partial charge in [0.25, 0.3) is 0 Å². The third kappa shape index (κ3) is 6.84. The predicted octanol–water partition coefficient (Wildman–Crippen LogP) is 0.901. The Balaban J connectivity index is 1.87. The number of ether oxygens (including phenoxy) is 1. The number of ketones is 1. The van der Waals surface area contributed by atoms with Crippen LogP contribution in [-0.2, 0) is 24.3 Å². The van der Waals surface area contributed by atoms with Crippen LogP contribution in [-0.4, -0.2) is 82.2 Å². The number of methoxy groups -OCH3 is 1. The molecular formula is C21H31N3O6S. The van der Waals surface area contributed by atoms with Crippen LogP contribution in [0.2, 0.25) is 0 Å². The average molecular weight is 454 g/mol. The van der Waals surface area contributed by atoms with Crippen LogP contribution in [0.3, 0.4) is 0 Å². The zero-order chi connectivity index (χ0) is 23.0. The molecule has 1 fully saturated rings. The van der Waals surface area contributed by atoms with Crippen molar-refractivity contribution in [3.63, 3.8) is 0 Å². The summed E-state index contributed by atoms with van der Waals surface area (Å²) in [6, 6.07) is 5.87. The number of rotatable bonds is 10. The van der Waals surface area contributed by atoms with Gasteiger partial charge < -0.3 is 15.0 Å². The van der Waals surface area contributed by atoms with Crippen LogP contribution in [0, 0.1) is 5.92 Å². The minimum Gasteiger partial charge on any atom is -0.385 e. The monoisotopic (exact) mass is 453 g/mol. The second kappa shape index (κ2) is 11.4. The molecule has 0 saturated carbocycles. The fourth-order valence-corrected chi connectivity index (χ4v) is 4.93. The fraction of sp³-hybridized carbons (Fsp3) is 0.571. The van der Waals surface area contributed by atoms with E-state index >= 15 is 0 Å². The molecule has 2 amide bonds. The van der Waals surface area contributed by atoms with Gasteiger partial charge in [-0.05, 0) is 38.3 Å².